The standard InChI is InChI=1S/C61H70N4O/c1-12-17-32-50(14-3)48(10)64(53-36-24-20-21-25-37-53)44-29-30-46(8)41-43-55-54-38-26-27-39-57(54)65(56(55)16-5)61-62-58(60(66-11)59(63-61)52-33-22-18-19-23-34-52)51(15-4)35-28-31-47(9)49(13-2)42-40-45(6)7/h13,15-33,35-36,38-40,42-44H,6,12,14,34,37,41H2,1-5,7-11H3/b32-17-,35-28-,42-40-,44-29+,46-30+,47-31+,49-13+,50-48+,51-15+,55-43-,56-16+. The van der Waals surface area contributed by atoms with Crippen LogP contribution in [0.1, 0.15) is 106 Å². The zero-order valence-electron chi connectivity index (χ0n) is 41.1. The molecule has 0 amide bonds. The van der Waals surface area contributed by atoms with E-state index in [1.807, 2.05) is 26.0 Å². The summed E-state index contributed by atoms with van der Waals surface area (Å²) < 4.78 is 8.45. The number of para-hydroxylation sites is 1. The Morgan fingerprint density at radius 3 is 2.29 bits per heavy atom. The second-order valence-corrected chi connectivity index (χ2v) is 16.4. The van der Waals surface area contributed by atoms with E-state index in [0.717, 1.165) is 86.4 Å². The van der Waals surface area contributed by atoms with Crippen molar-refractivity contribution in [1.29, 1.82) is 0 Å². The van der Waals surface area contributed by atoms with E-state index >= 15 is 0 Å². The third kappa shape index (κ3) is 12.8. The van der Waals surface area contributed by atoms with Crippen molar-refractivity contribution in [3.8, 4) is 11.7 Å². The van der Waals surface area contributed by atoms with Crippen LogP contribution in [-0.4, -0.2) is 26.5 Å². The van der Waals surface area contributed by atoms with Crippen LogP contribution < -0.4 is 15.3 Å². The Labute approximate surface area is 395 Å². The van der Waals surface area contributed by atoms with E-state index in [9.17, 15) is 0 Å². The fraction of sp³-hybridized carbons (Fsp3) is 0.246. The van der Waals surface area contributed by atoms with Gasteiger partial charge in [-0.05, 0) is 120 Å². The summed E-state index contributed by atoms with van der Waals surface area (Å²) in [5.74, 6) is 1.22. The third-order valence-corrected chi connectivity index (χ3v) is 11.6. The summed E-state index contributed by atoms with van der Waals surface area (Å²) in [5, 5.41) is 3.33. The van der Waals surface area contributed by atoms with Gasteiger partial charge in [0.15, 0.2) is 5.75 Å². The van der Waals surface area contributed by atoms with Gasteiger partial charge in [-0.15, -0.1) is 0 Å². The summed E-state index contributed by atoms with van der Waals surface area (Å²) in [4.78, 5) is 13.1. The van der Waals surface area contributed by atoms with E-state index in [2.05, 4.69) is 223 Å². The van der Waals surface area contributed by atoms with Gasteiger partial charge in [0, 0.05) is 34.6 Å². The average molecular weight is 875 g/mol. The second-order valence-electron chi connectivity index (χ2n) is 16.4. The van der Waals surface area contributed by atoms with Crippen LogP contribution in [0.4, 0.5) is 0 Å². The van der Waals surface area contributed by atoms with Crippen molar-refractivity contribution in [1.82, 2.24) is 19.4 Å². The number of fused-ring (bicyclic) bond motifs is 1. The molecule has 2 heterocycles. The lowest BCUT2D eigenvalue weighted by molar-refractivity contribution is 0.407. The Morgan fingerprint density at radius 2 is 1.59 bits per heavy atom. The van der Waals surface area contributed by atoms with Gasteiger partial charge in [0.25, 0.3) is 0 Å². The molecular formula is C61H70N4O. The maximum atomic E-state index is 6.25. The largest absolute Gasteiger partial charge is 0.492 e. The average Bonchev–Trinajstić information content (AvgIpc) is 3.58. The molecule has 5 rings (SSSR count). The molecule has 1 aromatic carbocycles. The van der Waals surface area contributed by atoms with Crippen molar-refractivity contribution >= 4 is 34.2 Å². The molecule has 0 radical (unpaired) electrons. The van der Waals surface area contributed by atoms with Gasteiger partial charge in [-0.2, -0.15) is 0 Å². The summed E-state index contributed by atoms with van der Waals surface area (Å²) in [6, 6.07) is 8.56. The molecule has 0 atom stereocenters. The number of hydrogen-bond donors (Lipinski definition) is 0. The van der Waals surface area contributed by atoms with Crippen LogP contribution in [0.25, 0.3) is 40.1 Å². The number of benzene rings is 1. The number of methoxy groups -OCH3 is 1. The van der Waals surface area contributed by atoms with E-state index in [4.69, 9.17) is 14.7 Å². The van der Waals surface area contributed by atoms with Crippen LogP contribution in [-0.2, 0) is 0 Å². The van der Waals surface area contributed by atoms with Crippen molar-refractivity contribution < 1.29 is 4.74 Å². The van der Waals surface area contributed by atoms with Crippen LogP contribution in [0.15, 0.2) is 204 Å². The van der Waals surface area contributed by atoms with Crippen molar-refractivity contribution in [3.63, 3.8) is 0 Å². The Morgan fingerprint density at radius 1 is 0.833 bits per heavy atom. The molecule has 2 aliphatic rings. The zero-order chi connectivity index (χ0) is 47.4. The molecule has 0 saturated heterocycles. The lowest BCUT2D eigenvalue weighted by Gasteiger charge is -2.25. The fourth-order valence-electron chi connectivity index (χ4n) is 7.99. The summed E-state index contributed by atoms with van der Waals surface area (Å²) in [6.45, 7) is 23.2. The first-order chi connectivity index (χ1) is 32.1. The minimum atomic E-state index is 0.583. The predicted octanol–water partition coefficient (Wildman–Crippen LogP) is 15.1. The van der Waals surface area contributed by atoms with Gasteiger partial charge in [0.05, 0.1) is 18.0 Å². The van der Waals surface area contributed by atoms with Gasteiger partial charge in [0.2, 0.25) is 5.95 Å². The first-order valence-electron chi connectivity index (χ1n) is 23.4. The summed E-state index contributed by atoms with van der Waals surface area (Å²) in [6.07, 6.45) is 55.9. The minimum Gasteiger partial charge on any atom is -0.492 e. The molecule has 2 aliphatic carbocycles. The predicted molar refractivity (Wildman–Crippen MR) is 287 cm³/mol. The number of allylic oxidation sites excluding steroid dienone is 29. The number of nitrogens with zero attached hydrogens (tertiary/aromatic N) is 4. The molecule has 0 bridgehead atoms. The van der Waals surface area contributed by atoms with Gasteiger partial charge >= 0.3 is 0 Å². The van der Waals surface area contributed by atoms with Crippen molar-refractivity contribution in [3.05, 3.63) is 226 Å². The number of hydrogen-bond acceptors (Lipinski definition) is 4. The molecule has 0 saturated carbocycles. The van der Waals surface area contributed by atoms with Gasteiger partial charge in [-0.3, -0.25) is 4.57 Å². The topological polar surface area (TPSA) is 43.2 Å². The highest BCUT2D eigenvalue weighted by molar-refractivity contribution is 5.85. The van der Waals surface area contributed by atoms with Gasteiger partial charge < -0.3 is 9.64 Å². The summed E-state index contributed by atoms with van der Waals surface area (Å²) in [5.41, 5.74) is 12.9. The smallest absolute Gasteiger partial charge is 0.236 e. The summed E-state index contributed by atoms with van der Waals surface area (Å²) >= 11 is 0. The highest BCUT2D eigenvalue weighted by Gasteiger charge is 2.22. The quantitative estimate of drug-likeness (QED) is 0.119. The van der Waals surface area contributed by atoms with Crippen LogP contribution in [0, 0.1) is 0 Å². The number of ether oxygens (including phenoxy) is 1. The molecule has 5 nitrogen and oxygen atoms in total. The lowest BCUT2D eigenvalue weighted by atomic mass is 10.0. The van der Waals surface area contributed by atoms with Crippen molar-refractivity contribution in [2.45, 2.75) is 94.4 Å². The SMILES string of the molecule is C=C(C)\C=C/C(=C\C)C(/C)=C/C=C\C(=C/C)c1nc(-n2c(=C/C)/c(=C\C/C(C)=C/C=C/N(C3=CC=CC=CC3)/C(C)=C(/C=C\CC)CC)c3ccccc32)nc(C2=CC=CC=CC2)c1OC. The van der Waals surface area contributed by atoms with Gasteiger partial charge in [-0.1, -0.05) is 177 Å². The van der Waals surface area contributed by atoms with E-state index in [1.165, 1.54) is 22.5 Å². The molecule has 2 aromatic heterocycles. The maximum absolute atomic E-state index is 6.25. The molecule has 0 aliphatic heterocycles. The summed E-state index contributed by atoms with van der Waals surface area (Å²) in [7, 11) is 1.71. The fourth-order valence-corrected chi connectivity index (χ4v) is 7.99. The Kier molecular flexibility index (Phi) is 19.3. The number of rotatable bonds is 18. The molecule has 340 valence electrons. The molecule has 0 spiro atoms. The van der Waals surface area contributed by atoms with Crippen LogP contribution in [0.2, 0.25) is 0 Å². The lowest BCUT2D eigenvalue weighted by Crippen LogP contribution is -2.29. The van der Waals surface area contributed by atoms with E-state index in [0.29, 0.717) is 18.1 Å². The second kappa shape index (κ2) is 25.5. The van der Waals surface area contributed by atoms with Crippen molar-refractivity contribution in [2.75, 3.05) is 7.11 Å². The minimum absolute atomic E-state index is 0.583. The Hall–Kier alpha value is -6.98. The normalized spacial score (nSPS) is 16.3. The Balaban J connectivity index is 1.64. The van der Waals surface area contributed by atoms with Crippen molar-refractivity contribution in [2.24, 2.45) is 0 Å². The van der Waals surface area contributed by atoms with Crippen LogP contribution in [0.5, 0.6) is 5.75 Å². The van der Waals surface area contributed by atoms with Crippen LogP contribution >= 0.6 is 0 Å². The third-order valence-electron chi connectivity index (χ3n) is 11.6. The monoisotopic (exact) mass is 875 g/mol. The van der Waals surface area contributed by atoms with E-state index in [-0.39, 0.29) is 0 Å². The first-order valence-corrected chi connectivity index (χ1v) is 23.4. The Bertz CT molecular complexity index is 2860. The molecule has 0 unspecified atom stereocenters. The molecular weight excluding hydrogens is 805 g/mol. The molecule has 3 aromatic rings. The molecule has 0 fully saturated rings. The van der Waals surface area contributed by atoms with E-state index < -0.39 is 0 Å². The highest BCUT2D eigenvalue weighted by atomic mass is 16.5. The zero-order valence-corrected chi connectivity index (χ0v) is 41.1. The maximum Gasteiger partial charge on any atom is 0.236 e. The van der Waals surface area contributed by atoms with Gasteiger partial charge in [-0.25, -0.2) is 9.97 Å². The molecule has 0 N–H and O–H groups in total. The first kappa shape index (κ1) is 50.0. The van der Waals surface area contributed by atoms with Gasteiger partial charge in [0.1, 0.15) is 11.4 Å². The molecule has 5 heteroatoms. The van der Waals surface area contributed by atoms with Crippen LogP contribution in [0.3, 0.4) is 0 Å². The molecule has 66 heavy (non-hydrogen) atoms. The number of aromatic nitrogens is 3. The van der Waals surface area contributed by atoms with E-state index in [1.54, 1.807) is 7.11 Å². The highest BCUT2D eigenvalue weighted by Crippen LogP contribution is 2.35.